The van der Waals surface area contributed by atoms with Gasteiger partial charge in [-0.3, -0.25) is 10.1 Å². The molecule has 0 saturated heterocycles. The molecule has 0 saturated carbocycles. The van der Waals surface area contributed by atoms with Gasteiger partial charge in [-0.2, -0.15) is 8.78 Å². The minimum atomic E-state index is -2.43. The molecule has 0 fully saturated rings. The minimum Gasteiger partial charge on any atom is -0.381 e. The van der Waals surface area contributed by atoms with Crippen LogP contribution in [0.5, 0.6) is 0 Å². The Morgan fingerprint density at radius 2 is 1.71 bits per heavy atom. The predicted octanol–water partition coefficient (Wildman–Crippen LogP) is 4.52. The standard InChI is InChI=1S/C14H12F2N2O2S/c15-14(16)21-13-7-3-11(4-8-13)17-9-10-1-5-12(6-2-10)18(19)20/h1-8,14,17H,9H2. The van der Waals surface area contributed by atoms with Crippen molar-refractivity contribution in [2.24, 2.45) is 0 Å². The van der Waals surface area contributed by atoms with E-state index in [0.717, 1.165) is 11.3 Å². The topological polar surface area (TPSA) is 55.2 Å². The maximum Gasteiger partial charge on any atom is 0.288 e. The summed E-state index contributed by atoms with van der Waals surface area (Å²) in [6.45, 7) is 0.499. The van der Waals surface area contributed by atoms with Gasteiger partial charge < -0.3 is 5.32 Å². The summed E-state index contributed by atoms with van der Waals surface area (Å²) in [5, 5.41) is 13.7. The average Bonchev–Trinajstić information content (AvgIpc) is 2.46. The second-order valence-corrected chi connectivity index (χ2v) is 5.24. The maximum absolute atomic E-state index is 12.2. The van der Waals surface area contributed by atoms with E-state index < -0.39 is 10.7 Å². The van der Waals surface area contributed by atoms with Gasteiger partial charge in [0.25, 0.3) is 11.4 Å². The van der Waals surface area contributed by atoms with Gasteiger partial charge in [-0.1, -0.05) is 23.9 Å². The smallest absolute Gasteiger partial charge is 0.288 e. The van der Waals surface area contributed by atoms with E-state index in [2.05, 4.69) is 5.32 Å². The number of nitrogens with zero attached hydrogens (tertiary/aromatic N) is 1. The molecule has 0 bridgehead atoms. The summed E-state index contributed by atoms with van der Waals surface area (Å²) >= 11 is 0.501. The molecule has 0 aliphatic heterocycles. The monoisotopic (exact) mass is 310 g/mol. The van der Waals surface area contributed by atoms with E-state index in [1.54, 1.807) is 36.4 Å². The lowest BCUT2D eigenvalue weighted by Gasteiger charge is -2.07. The molecule has 2 aromatic rings. The van der Waals surface area contributed by atoms with Gasteiger partial charge in [-0.05, 0) is 29.8 Å². The van der Waals surface area contributed by atoms with Crippen LogP contribution in [0.1, 0.15) is 5.56 Å². The lowest BCUT2D eigenvalue weighted by Crippen LogP contribution is -1.99. The number of nitro benzene ring substituents is 1. The first-order chi connectivity index (χ1) is 10.0. The van der Waals surface area contributed by atoms with Gasteiger partial charge in [0.1, 0.15) is 0 Å². The highest BCUT2D eigenvalue weighted by atomic mass is 32.2. The van der Waals surface area contributed by atoms with Crippen molar-refractivity contribution in [2.45, 2.75) is 17.2 Å². The van der Waals surface area contributed by atoms with Crippen molar-refractivity contribution in [1.29, 1.82) is 0 Å². The van der Waals surface area contributed by atoms with Gasteiger partial charge in [0.05, 0.1) is 4.92 Å². The fraction of sp³-hybridized carbons (Fsp3) is 0.143. The maximum atomic E-state index is 12.2. The summed E-state index contributed by atoms with van der Waals surface area (Å²) in [5.41, 5.74) is 1.74. The van der Waals surface area contributed by atoms with Gasteiger partial charge in [0, 0.05) is 29.3 Å². The number of rotatable bonds is 6. The van der Waals surface area contributed by atoms with Crippen molar-refractivity contribution >= 4 is 23.1 Å². The van der Waals surface area contributed by atoms with E-state index in [0.29, 0.717) is 23.2 Å². The number of non-ortho nitro benzene ring substituents is 1. The van der Waals surface area contributed by atoms with Crippen molar-refractivity contribution in [2.75, 3.05) is 5.32 Å². The first-order valence-electron chi connectivity index (χ1n) is 6.06. The molecule has 1 N–H and O–H groups in total. The summed E-state index contributed by atoms with van der Waals surface area (Å²) in [7, 11) is 0. The molecule has 0 spiro atoms. The third kappa shape index (κ3) is 4.71. The molecule has 2 aromatic carbocycles. The first-order valence-corrected chi connectivity index (χ1v) is 6.94. The van der Waals surface area contributed by atoms with Crippen LogP contribution in [-0.2, 0) is 6.54 Å². The molecule has 0 unspecified atom stereocenters. The van der Waals surface area contributed by atoms with Crippen LogP contribution in [0.15, 0.2) is 53.4 Å². The van der Waals surface area contributed by atoms with Crippen LogP contribution in [0.25, 0.3) is 0 Å². The lowest BCUT2D eigenvalue weighted by atomic mass is 10.2. The Hall–Kier alpha value is -2.15. The Labute approximate surface area is 124 Å². The molecule has 7 heteroatoms. The Balaban J connectivity index is 1.91. The number of nitrogens with one attached hydrogen (secondary N) is 1. The van der Waals surface area contributed by atoms with Crippen LogP contribution in [0, 0.1) is 10.1 Å². The van der Waals surface area contributed by atoms with E-state index >= 15 is 0 Å². The highest BCUT2D eigenvalue weighted by molar-refractivity contribution is 7.99. The number of hydrogen-bond donors (Lipinski definition) is 1. The van der Waals surface area contributed by atoms with Crippen LogP contribution >= 0.6 is 11.8 Å². The Morgan fingerprint density at radius 3 is 2.24 bits per heavy atom. The van der Waals surface area contributed by atoms with Gasteiger partial charge in [0.2, 0.25) is 0 Å². The lowest BCUT2D eigenvalue weighted by molar-refractivity contribution is -0.384. The number of thioether (sulfide) groups is 1. The molecule has 0 radical (unpaired) electrons. The molecule has 0 aromatic heterocycles. The summed E-state index contributed by atoms with van der Waals surface area (Å²) in [6, 6.07) is 12.9. The molecule has 0 amide bonds. The van der Waals surface area contributed by atoms with Crippen molar-refractivity contribution in [3.05, 3.63) is 64.2 Å². The van der Waals surface area contributed by atoms with Crippen LogP contribution < -0.4 is 5.32 Å². The summed E-state index contributed by atoms with van der Waals surface area (Å²) < 4.78 is 24.4. The van der Waals surface area contributed by atoms with E-state index in [1.807, 2.05) is 0 Å². The summed E-state index contributed by atoms with van der Waals surface area (Å²) in [5.74, 6) is -2.43. The molecule has 2 rings (SSSR count). The van der Waals surface area contributed by atoms with Crippen LogP contribution in [0.4, 0.5) is 20.2 Å². The van der Waals surface area contributed by atoms with E-state index in [9.17, 15) is 18.9 Å². The molecule has 0 aliphatic carbocycles. The van der Waals surface area contributed by atoms with Gasteiger partial charge in [0.15, 0.2) is 0 Å². The first kappa shape index (κ1) is 15.2. The van der Waals surface area contributed by atoms with Gasteiger partial charge in [-0.25, -0.2) is 0 Å². The van der Waals surface area contributed by atoms with E-state index in [-0.39, 0.29) is 5.69 Å². The van der Waals surface area contributed by atoms with Crippen LogP contribution in [0.3, 0.4) is 0 Å². The fourth-order valence-corrected chi connectivity index (χ4v) is 2.19. The SMILES string of the molecule is O=[N+]([O-])c1ccc(CNc2ccc(SC(F)F)cc2)cc1. The number of anilines is 1. The normalized spacial score (nSPS) is 10.6. The Morgan fingerprint density at radius 1 is 1.10 bits per heavy atom. The van der Waals surface area contributed by atoms with E-state index in [4.69, 9.17) is 0 Å². The van der Waals surface area contributed by atoms with Gasteiger partial charge in [-0.15, -0.1) is 0 Å². The summed E-state index contributed by atoms with van der Waals surface area (Å²) in [6.07, 6.45) is 0. The molecule has 0 heterocycles. The van der Waals surface area contributed by atoms with Crippen LogP contribution in [-0.4, -0.2) is 10.7 Å². The largest absolute Gasteiger partial charge is 0.381 e. The Kier molecular flexibility index (Phi) is 5.10. The molecule has 0 aliphatic rings. The van der Waals surface area contributed by atoms with Crippen molar-refractivity contribution < 1.29 is 13.7 Å². The van der Waals surface area contributed by atoms with E-state index in [1.165, 1.54) is 12.1 Å². The zero-order valence-corrected chi connectivity index (χ0v) is 11.6. The highest BCUT2D eigenvalue weighted by Crippen LogP contribution is 2.26. The van der Waals surface area contributed by atoms with Crippen LogP contribution in [0.2, 0.25) is 0 Å². The molecule has 0 atom stereocenters. The average molecular weight is 310 g/mol. The van der Waals surface area contributed by atoms with Crippen molar-refractivity contribution in [3.8, 4) is 0 Å². The molecular formula is C14H12F2N2O2S. The van der Waals surface area contributed by atoms with Crippen molar-refractivity contribution in [3.63, 3.8) is 0 Å². The van der Waals surface area contributed by atoms with Crippen molar-refractivity contribution in [1.82, 2.24) is 0 Å². The zero-order chi connectivity index (χ0) is 15.2. The van der Waals surface area contributed by atoms with Gasteiger partial charge >= 0.3 is 0 Å². The number of hydrogen-bond acceptors (Lipinski definition) is 4. The summed E-state index contributed by atoms with van der Waals surface area (Å²) in [4.78, 5) is 10.6. The number of benzene rings is 2. The molecule has 21 heavy (non-hydrogen) atoms. The third-order valence-corrected chi connectivity index (χ3v) is 3.45. The molecule has 110 valence electrons. The number of halogens is 2. The molecule has 4 nitrogen and oxygen atoms in total. The third-order valence-electron chi connectivity index (χ3n) is 2.72. The minimum absolute atomic E-state index is 0.0483. The Bertz CT molecular complexity index is 603. The second kappa shape index (κ2) is 7.03. The number of alkyl halides is 2. The molecular weight excluding hydrogens is 298 g/mol. The predicted molar refractivity (Wildman–Crippen MR) is 78.7 cm³/mol. The zero-order valence-electron chi connectivity index (χ0n) is 10.8. The fourth-order valence-electron chi connectivity index (χ4n) is 1.69. The second-order valence-electron chi connectivity index (χ2n) is 4.18. The number of nitro groups is 1. The quantitative estimate of drug-likeness (QED) is 0.484. The highest BCUT2D eigenvalue weighted by Gasteiger charge is 2.05.